The molecule has 0 spiro atoms. The van der Waals surface area contributed by atoms with Crippen LogP contribution in [0.4, 0.5) is 10.6 Å². The largest absolute Gasteiger partial charge is 0.443 e. The zero-order valence-electron chi connectivity index (χ0n) is 12.6. The summed E-state index contributed by atoms with van der Waals surface area (Å²) in [5, 5.41) is 3.43. The predicted molar refractivity (Wildman–Crippen MR) is 78.9 cm³/mol. The van der Waals surface area contributed by atoms with Crippen molar-refractivity contribution >= 4 is 11.9 Å². The van der Waals surface area contributed by atoms with Crippen molar-refractivity contribution in [3.05, 3.63) is 23.9 Å². The summed E-state index contributed by atoms with van der Waals surface area (Å²) in [6.07, 6.45) is 3.78. The third-order valence-corrected chi connectivity index (χ3v) is 3.24. The maximum absolute atomic E-state index is 12.0. The molecule has 5 heteroatoms. The number of nitrogens with zero attached hydrogens (tertiary/aromatic N) is 2. The van der Waals surface area contributed by atoms with E-state index in [-0.39, 0.29) is 0 Å². The number of nitrogens with one attached hydrogen (secondary N) is 1. The first-order valence-corrected chi connectivity index (χ1v) is 7.03. The highest BCUT2D eigenvalue weighted by atomic mass is 16.6. The van der Waals surface area contributed by atoms with Crippen molar-refractivity contribution < 1.29 is 9.53 Å². The smallest absolute Gasteiger partial charge is 0.415 e. The molecule has 2 heterocycles. The predicted octanol–water partition coefficient (Wildman–Crippen LogP) is 2.88. The lowest BCUT2D eigenvalue weighted by atomic mass is 10.1. The van der Waals surface area contributed by atoms with E-state index < -0.39 is 11.7 Å². The molecule has 0 bridgehead atoms. The number of amides is 1. The van der Waals surface area contributed by atoms with Gasteiger partial charge in [0, 0.05) is 19.3 Å². The van der Waals surface area contributed by atoms with Crippen LogP contribution in [0.2, 0.25) is 0 Å². The molecule has 1 aliphatic heterocycles. The molecule has 2 rings (SSSR count). The standard InChI is InChI=1S/C15H23N3O2/c1-15(2,3)20-14(19)18(4)13-8-7-11(10-17-13)12-6-5-9-16-12/h7-8,10,12,16H,5-6,9H2,1-4H3/t12-/m0/s1. The van der Waals surface area contributed by atoms with Gasteiger partial charge in [-0.3, -0.25) is 4.90 Å². The second-order valence-corrected chi connectivity index (χ2v) is 6.14. The van der Waals surface area contributed by atoms with Gasteiger partial charge in [0.25, 0.3) is 0 Å². The van der Waals surface area contributed by atoms with Crippen molar-refractivity contribution in [2.24, 2.45) is 0 Å². The monoisotopic (exact) mass is 277 g/mol. The highest BCUT2D eigenvalue weighted by Gasteiger charge is 2.22. The van der Waals surface area contributed by atoms with E-state index in [1.54, 1.807) is 7.05 Å². The number of hydrogen-bond acceptors (Lipinski definition) is 4. The van der Waals surface area contributed by atoms with Gasteiger partial charge in [-0.2, -0.15) is 0 Å². The number of anilines is 1. The Labute approximate surface area is 120 Å². The van der Waals surface area contributed by atoms with Gasteiger partial charge in [0.2, 0.25) is 0 Å². The van der Waals surface area contributed by atoms with Gasteiger partial charge in [0.05, 0.1) is 0 Å². The summed E-state index contributed by atoms with van der Waals surface area (Å²) < 4.78 is 5.32. The second-order valence-electron chi connectivity index (χ2n) is 6.14. The van der Waals surface area contributed by atoms with Crippen LogP contribution in [0.5, 0.6) is 0 Å². The molecule has 1 amide bonds. The molecule has 0 aromatic carbocycles. The van der Waals surface area contributed by atoms with E-state index in [2.05, 4.69) is 10.3 Å². The summed E-state index contributed by atoms with van der Waals surface area (Å²) in [4.78, 5) is 17.7. The Balaban J connectivity index is 2.03. The molecule has 5 nitrogen and oxygen atoms in total. The van der Waals surface area contributed by atoms with Gasteiger partial charge in [-0.25, -0.2) is 9.78 Å². The molecule has 1 saturated heterocycles. The minimum Gasteiger partial charge on any atom is -0.443 e. The molecule has 1 N–H and O–H groups in total. The topological polar surface area (TPSA) is 54.5 Å². The summed E-state index contributed by atoms with van der Waals surface area (Å²) >= 11 is 0. The van der Waals surface area contributed by atoms with E-state index in [0.29, 0.717) is 11.9 Å². The lowest BCUT2D eigenvalue weighted by Gasteiger charge is -2.24. The molecule has 0 aliphatic carbocycles. The average molecular weight is 277 g/mol. The van der Waals surface area contributed by atoms with Crippen LogP contribution in [0.3, 0.4) is 0 Å². The van der Waals surface area contributed by atoms with Crippen LogP contribution >= 0.6 is 0 Å². The van der Waals surface area contributed by atoms with Crippen LogP contribution in [0.25, 0.3) is 0 Å². The van der Waals surface area contributed by atoms with E-state index in [9.17, 15) is 4.79 Å². The SMILES string of the molecule is CN(C(=O)OC(C)(C)C)c1ccc([C@@H]2CCCN2)cn1. The molecule has 110 valence electrons. The maximum atomic E-state index is 12.0. The van der Waals surface area contributed by atoms with Gasteiger partial charge >= 0.3 is 6.09 Å². The quantitative estimate of drug-likeness (QED) is 0.903. The molecule has 1 aliphatic rings. The normalized spacial score (nSPS) is 18.9. The van der Waals surface area contributed by atoms with Gasteiger partial charge < -0.3 is 10.1 Å². The third-order valence-electron chi connectivity index (χ3n) is 3.24. The first kappa shape index (κ1) is 14.8. The van der Waals surface area contributed by atoms with E-state index >= 15 is 0 Å². The van der Waals surface area contributed by atoms with E-state index in [0.717, 1.165) is 13.0 Å². The number of ether oxygens (including phenoxy) is 1. The minimum absolute atomic E-state index is 0.392. The summed E-state index contributed by atoms with van der Waals surface area (Å²) in [5.41, 5.74) is 0.669. The van der Waals surface area contributed by atoms with Crippen LogP contribution in [-0.4, -0.2) is 30.3 Å². The van der Waals surface area contributed by atoms with Gasteiger partial charge in [0.15, 0.2) is 0 Å². The highest BCUT2D eigenvalue weighted by molar-refractivity contribution is 5.85. The number of carbonyl (C=O) groups excluding carboxylic acids is 1. The molecule has 1 aromatic heterocycles. The molecule has 1 aromatic rings. The third kappa shape index (κ3) is 3.70. The summed E-state index contributed by atoms with van der Waals surface area (Å²) in [6.45, 7) is 6.60. The van der Waals surface area contributed by atoms with Crippen molar-refractivity contribution in [1.82, 2.24) is 10.3 Å². The molecular weight excluding hydrogens is 254 g/mol. The van der Waals surface area contributed by atoms with Crippen LogP contribution in [0.15, 0.2) is 18.3 Å². The number of hydrogen-bond donors (Lipinski definition) is 1. The van der Waals surface area contributed by atoms with Crippen LogP contribution < -0.4 is 10.2 Å². The van der Waals surface area contributed by atoms with Crippen molar-refractivity contribution in [3.8, 4) is 0 Å². The maximum Gasteiger partial charge on any atom is 0.415 e. The fourth-order valence-electron chi connectivity index (χ4n) is 2.20. The molecule has 0 radical (unpaired) electrons. The van der Waals surface area contributed by atoms with Crippen molar-refractivity contribution in [2.45, 2.75) is 45.3 Å². The molecule has 1 fully saturated rings. The second kappa shape index (κ2) is 5.79. The van der Waals surface area contributed by atoms with Crippen LogP contribution in [-0.2, 0) is 4.74 Å². The lowest BCUT2D eigenvalue weighted by molar-refractivity contribution is 0.0588. The van der Waals surface area contributed by atoms with E-state index in [4.69, 9.17) is 4.74 Å². The zero-order chi connectivity index (χ0) is 14.8. The Hall–Kier alpha value is -1.62. The number of aromatic nitrogens is 1. The summed E-state index contributed by atoms with van der Waals surface area (Å²) in [6, 6.07) is 4.27. The Morgan fingerprint density at radius 1 is 1.45 bits per heavy atom. The molecule has 0 saturated carbocycles. The molecule has 20 heavy (non-hydrogen) atoms. The average Bonchev–Trinajstić information content (AvgIpc) is 2.90. The van der Waals surface area contributed by atoms with Crippen molar-refractivity contribution in [3.63, 3.8) is 0 Å². The van der Waals surface area contributed by atoms with Gasteiger partial charge in [0.1, 0.15) is 11.4 Å². The zero-order valence-corrected chi connectivity index (χ0v) is 12.6. The van der Waals surface area contributed by atoms with Crippen LogP contribution in [0.1, 0.15) is 45.2 Å². The van der Waals surface area contributed by atoms with Crippen molar-refractivity contribution in [1.29, 1.82) is 0 Å². The molecule has 1 atom stereocenters. The highest BCUT2D eigenvalue weighted by Crippen LogP contribution is 2.23. The Morgan fingerprint density at radius 2 is 2.20 bits per heavy atom. The number of rotatable bonds is 2. The van der Waals surface area contributed by atoms with Gasteiger partial charge in [-0.15, -0.1) is 0 Å². The number of pyridine rings is 1. The Morgan fingerprint density at radius 3 is 2.70 bits per heavy atom. The van der Waals surface area contributed by atoms with Gasteiger partial charge in [-0.05, 0) is 51.8 Å². The lowest BCUT2D eigenvalue weighted by Crippen LogP contribution is -2.34. The summed E-state index contributed by atoms with van der Waals surface area (Å²) in [5.74, 6) is 0.598. The fourth-order valence-corrected chi connectivity index (χ4v) is 2.20. The van der Waals surface area contributed by atoms with Gasteiger partial charge in [-0.1, -0.05) is 6.07 Å². The van der Waals surface area contributed by atoms with Crippen LogP contribution in [0, 0.1) is 0 Å². The fraction of sp³-hybridized carbons (Fsp3) is 0.600. The van der Waals surface area contributed by atoms with Crippen molar-refractivity contribution in [2.75, 3.05) is 18.5 Å². The number of carbonyl (C=O) groups is 1. The molecule has 0 unspecified atom stereocenters. The Bertz CT molecular complexity index is 459. The first-order valence-electron chi connectivity index (χ1n) is 7.03. The van der Waals surface area contributed by atoms with E-state index in [1.165, 1.54) is 16.9 Å². The first-order chi connectivity index (χ1) is 9.37. The molecular formula is C15H23N3O2. The Kier molecular flexibility index (Phi) is 4.28. The summed E-state index contributed by atoms with van der Waals surface area (Å²) in [7, 11) is 1.67. The van der Waals surface area contributed by atoms with E-state index in [1.807, 2.05) is 39.1 Å². The minimum atomic E-state index is -0.501.